The maximum Gasteiger partial charge on any atom is 0.0151 e. The van der Waals surface area contributed by atoms with Gasteiger partial charge in [0.2, 0.25) is 0 Å². The summed E-state index contributed by atoms with van der Waals surface area (Å²) in [5.74, 6) is 0.869. The zero-order chi connectivity index (χ0) is 14.1. The van der Waals surface area contributed by atoms with Crippen LogP contribution in [0.3, 0.4) is 0 Å². The molecule has 1 saturated carbocycles. The Bertz CT molecular complexity index is 453. The fourth-order valence-corrected chi connectivity index (χ4v) is 4.90. The molecule has 2 N–H and O–H groups in total. The van der Waals surface area contributed by atoms with E-state index in [1.165, 1.54) is 57.9 Å². The molecule has 1 saturated heterocycles. The molecule has 3 atom stereocenters. The average Bonchev–Trinajstić information content (AvgIpc) is 3.14. The van der Waals surface area contributed by atoms with Crippen molar-refractivity contribution >= 4 is 0 Å². The quantitative estimate of drug-likeness (QED) is 0.891. The van der Waals surface area contributed by atoms with E-state index in [1.54, 1.807) is 11.1 Å². The molecule has 0 amide bonds. The topological polar surface area (TPSA) is 24.1 Å². The van der Waals surface area contributed by atoms with Crippen LogP contribution in [0.15, 0.2) is 24.3 Å². The minimum Gasteiger partial charge on any atom is -0.314 e. The van der Waals surface area contributed by atoms with Crippen LogP contribution in [0.25, 0.3) is 0 Å². The minimum atomic E-state index is 0.677. The predicted molar refractivity (Wildman–Crippen MR) is 87.5 cm³/mol. The third kappa shape index (κ3) is 2.89. The molecule has 3 aliphatic rings. The van der Waals surface area contributed by atoms with Crippen molar-refractivity contribution in [2.75, 3.05) is 6.54 Å². The van der Waals surface area contributed by atoms with Gasteiger partial charge in [-0.1, -0.05) is 37.1 Å². The first kappa shape index (κ1) is 13.8. The molecule has 21 heavy (non-hydrogen) atoms. The highest BCUT2D eigenvalue weighted by molar-refractivity contribution is 5.33. The minimum absolute atomic E-state index is 0.677. The first-order chi connectivity index (χ1) is 10.4. The second kappa shape index (κ2) is 6.10. The molecular formula is C19H28N2. The van der Waals surface area contributed by atoms with Crippen LogP contribution in [0.4, 0.5) is 0 Å². The van der Waals surface area contributed by atoms with Crippen molar-refractivity contribution < 1.29 is 0 Å². The lowest BCUT2D eigenvalue weighted by Gasteiger charge is -2.34. The highest BCUT2D eigenvalue weighted by Gasteiger charge is 2.36. The molecule has 1 aliphatic heterocycles. The van der Waals surface area contributed by atoms with Gasteiger partial charge in [0.05, 0.1) is 0 Å². The largest absolute Gasteiger partial charge is 0.314 e. The smallest absolute Gasteiger partial charge is 0.0151 e. The highest BCUT2D eigenvalue weighted by Crippen LogP contribution is 2.33. The molecule has 1 aromatic rings. The van der Waals surface area contributed by atoms with Crippen molar-refractivity contribution in [2.24, 2.45) is 5.92 Å². The number of benzene rings is 1. The molecule has 0 bridgehead atoms. The van der Waals surface area contributed by atoms with E-state index in [9.17, 15) is 0 Å². The summed E-state index contributed by atoms with van der Waals surface area (Å²) in [6, 6.07) is 11.2. The van der Waals surface area contributed by atoms with Gasteiger partial charge in [-0.2, -0.15) is 0 Å². The number of fused-ring (bicyclic) bond motifs is 1. The summed E-state index contributed by atoms with van der Waals surface area (Å²) in [5, 5.41) is 7.83. The molecule has 1 aromatic carbocycles. The summed E-state index contributed by atoms with van der Waals surface area (Å²) in [6.45, 7) is 1.24. The normalized spacial score (nSPS) is 33.2. The fourth-order valence-electron chi connectivity index (χ4n) is 4.90. The van der Waals surface area contributed by atoms with Crippen LogP contribution in [0, 0.1) is 5.92 Å². The number of hydrogen-bond acceptors (Lipinski definition) is 2. The van der Waals surface area contributed by atoms with E-state index in [-0.39, 0.29) is 0 Å². The molecule has 2 heteroatoms. The second-order valence-corrected chi connectivity index (χ2v) is 7.30. The third-order valence-corrected chi connectivity index (χ3v) is 5.94. The third-order valence-electron chi connectivity index (χ3n) is 5.94. The number of piperidine rings is 1. The second-order valence-electron chi connectivity index (χ2n) is 7.30. The predicted octanol–water partition coefficient (Wildman–Crippen LogP) is 3.05. The van der Waals surface area contributed by atoms with Crippen molar-refractivity contribution in [3.05, 3.63) is 35.4 Å². The summed E-state index contributed by atoms with van der Waals surface area (Å²) in [6.07, 6.45) is 10.9. The van der Waals surface area contributed by atoms with Crippen molar-refractivity contribution in [3.63, 3.8) is 0 Å². The van der Waals surface area contributed by atoms with Gasteiger partial charge in [-0.3, -0.25) is 0 Å². The molecule has 2 fully saturated rings. The van der Waals surface area contributed by atoms with Crippen molar-refractivity contribution in [1.82, 2.24) is 10.6 Å². The van der Waals surface area contributed by atoms with Crippen LogP contribution in [0.1, 0.15) is 49.7 Å². The van der Waals surface area contributed by atoms with Gasteiger partial charge in [0.25, 0.3) is 0 Å². The zero-order valence-corrected chi connectivity index (χ0v) is 13.0. The summed E-state index contributed by atoms with van der Waals surface area (Å²) in [4.78, 5) is 0. The highest BCUT2D eigenvalue weighted by atomic mass is 15.0. The molecule has 4 rings (SSSR count). The Morgan fingerprint density at radius 1 is 0.905 bits per heavy atom. The summed E-state index contributed by atoms with van der Waals surface area (Å²) >= 11 is 0. The number of hydrogen-bond donors (Lipinski definition) is 2. The molecule has 2 aliphatic carbocycles. The van der Waals surface area contributed by atoms with Crippen molar-refractivity contribution in [2.45, 2.75) is 69.5 Å². The first-order valence-corrected chi connectivity index (χ1v) is 8.96. The molecule has 0 radical (unpaired) electrons. The van der Waals surface area contributed by atoms with Gasteiger partial charge in [-0.05, 0) is 62.1 Å². The van der Waals surface area contributed by atoms with E-state index in [1.807, 2.05) is 0 Å². The lowest BCUT2D eigenvalue weighted by atomic mass is 9.88. The molecule has 3 unspecified atom stereocenters. The van der Waals surface area contributed by atoms with Crippen LogP contribution < -0.4 is 10.6 Å². The fraction of sp³-hybridized carbons (Fsp3) is 0.684. The van der Waals surface area contributed by atoms with Crippen molar-refractivity contribution in [1.29, 1.82) is 0 Å². The lowest BCUT2D eigenvalue weighted by Crippen LogP contribution is -2.49. The monoisotopic (exact) mass is 284 g/mol. The first-order valence-electron chi connectivity index (χ1n) is 8.96. The Balaban J connectivity index is 1.38. The lowest BCUT2D eigenvalue weighted by molar-refractivity contribution is 0.246. The molecule has 114 valence electrons. The van der Waals surface area contributed by atoms with Crippen molar-refractivity contribution in [3.8, 4) is 0 Å². The molecule has 2 nitrogen and oxygen atoms in total. The van der Waals surface area contributed by atoms with Gasteiger partial charge in [0.1, 0.15) is 0 Å². The standard InChI is InChI=1S/C19H28N2/c1-2-7-15-13-16(12-14(15)6-1)21-19-10-5-8-17(19)18-9-3-4-11-20-18/h1-2,6-7,16-21H,3-5,8-13H2. The molecule has 0 aromatic heterocycles. The molecular weight excluding hydrogens is 256 g/mol. The number of nitrogens with one attached hydrogen (secondary N) is 2. The molecule has 0 spiro atoms. The SMILES string of the molecule is c1ccc2c(c1)CC(NC1CCCC1C1CCCCN1)C2. The summed E-state index contributed by atoms with van der Waals surface area (Å²) < 4.78 is 0. The Morgan fingerprint density at radius 3 is 2.43 bits per heavy atom. The van der Waals surface area contributed by atoms with Crippen LogP contribution in [-0.2, 0) is 12.8 Å². The Hall–Kier alpha value is -0.860. The van der Waals surface area contributed by atoms with E-state index in [4.69, 9.17) is 0 Å². The maximum atomic E-state index is 4.03. The maximum absolute atomic E-state index is 4.03. The van der Waals surface area contributed by atoms with E-state index < -0.39 is 0 Å². The zero-order valence-electron chi connectivity index (χ0n) is 13.0. The number of rotatable bonds is 3. The Morgan fingerprint density at radius 2 is 1.71 bits per heavy atom. The summed E-state index contributed by atoms with van der Waals surface area (Å²) in [5.41, 5.74) is 3.14. The average molecular weight is 284 g/mol. The van der Waals surface area contributed by atoms with E-state index in [0.717, 1.165) is 18.0 Å². The van der Waals surface area contributed by atoms with E-state index in [0.29, 0.717) is 6.04 Å². The Labute approximate surface area is 128 Å². The van der Waals surface area contributed by atoms with Gasteiger partial charge in [-0.25, -0.2) is 0 Å². The summed E-state index contributed by atoms with van der Waals surface area (Å²) in [7, 11) is 0. The van der Waals surface area contributed by atoms with Gasteiger partial charge in [0, 0.05) is 18.1 Å². The molecule has 1 heterocycles. The van der Waals surface area contributed by atoms with Gasteiger partial charge >= 0.3 is 0 Å². The van der Waals surface area contributed by atoms with Gasteiger partial charge in [0.15, 0.2) is 0 Å². The van der Waals surface area contributed by atoms with Crippen LogP contribution in [0.2, 0.25) is 0 Å². The van der Waals surface area contributed by atoms with Crippen LogP contribution in [0.5, 0.6) is 0 Å². The van der Waals surface area contributed by atoms with E-state index >= 15 is 0 Å². The Kier molecular flexibility index (Phi) is 4.00. The van der Waals surface area contributed by atoms with E-state index in [2.05, 4.69) is 34.9 Å². The van der Waals surface area contributed by atoms with Crippen LogP contribution in [-0.4, -0.2) is 24.7 Å². The van der Waals surface area contributed by atoms with Gasteiger partial charge in [-0.15, -0.1) is 0 Å². The van der Waals surface area contributed by atoms with Gasteiger partial charge < -0.3 is 10.6 Å². The van der Waals surface area contributed by atoms with Crippen LogP contribution >= 0.6 is 0 Å².